The van der Waals surface area contributed by atoms with E-state index in [4.69, 9.17) is 40.3 Å². The molecule has 3 unspecified atom stereocenters. The number of imidazole rings is 1. The van der Waals surface area contributed by atoms with E-state index in [-0.39, 0.29) is 24.2 Å². The Morgan fingerprint density at radius 2 is 1.98 bits per heavy atom. The largest absolute Gasteiger partial charge is 0.465 e. The van der Waals surface area contributed by atoms with E-state index in [0.717, 1.165) is 48.7 Å². The van der Waals surface area contributed by atoms with Crippen molar-refractivity contribution < 1.29 is 28.5 Å². The summed E-state index contributed by atoms with van der Waals surface area (Å²) in [5.41, 5.74) is 3.90. The average Bonchev–Trinajstić information content (AvgIpc) is 3.74. The molecule has 2 aromatic carbocycles. The Labute approximate surface area is 265 Å². The summed E-state index contributed by atoms with van der Waals surface area (Å²) in [5, 5.41) is 0.557. The topological polar surface area (TPSA) is 100 Å². The molecule has 11 nitrogen and oxygen atoms in total. The smallest absolute Gasteiger partial charge is 0.337 e. The van der Waals surface area contributed by atoms with Crippen LogP contribution in [-0.4, -0.2) is 83.6 Å². The molecule has 4 aromatic rings. The highest BCUT2D eigenvalue weighted by Crippen LogP contribution is 2.50. The van der Waals surface area contributed by atoms with Crippen LogP contribution in [0, 0.1) is 0 Å². The predicted molar refractivity (Wildman–Crippen MR) is 166 cm³/mol. The molecule has 0 saturated carbocycles. The zero-order chi connectivity index (χ0) is 30.7. The van der Waals surface area contributed by atoms with Gasteiger partial charge in [-0.3, -0.25) is 9.88 Å². The molecule has 0 amide bonds. The minimum absolute atomic E-state index is 0.119. The first-order valence-corrected chi connectivity index (χ1v) is 15.7. The zero-order valence-corrected chi connectivity index (χ0v) is 25.9. The molecule has 3 saturated heterocycles. The van der Waals surface area contributed by atoms with Crippen LogP contribution in [0.1, 0.15) is 35.2 Å². The van der Waals surface area contributed by atoms with E-state index in [2.05, 4.69) is 25.4 Å². The Hall–Kier alpha value is -3.90. The number of piperazine rings is 1. The number of esters is 1. The summed E-state index contributed by atoms with van der Waals surface area (Å²) in [6.07, 6.45) is 2.75. The van der Waals surface area contributed by atoms with Crippen molar-refractivity contribution in [1.82, 2.24) is 19.4 Å². The maximum Gasteiger partial charge on any atom is 0.337 e. The van der Waals surface area contributed by atoms with Gasteiger partial charge < -0.3 is 33.2 Å². The fraction of sp³-hybridized carbons (Fsp3) is 0.424. The normalized spacial score (nSPS) is 25.8. The molecule has 12 heteroatoms. The van der Waals surface area contributed by atoms with Crippen molar-refractivity contribution in [2.24, 2.45) is 0 Å². The van der Waals surface area contributed by atoms with Gasteiger partial charge in [-0.2, -0.15) is 0 Å². The Morgan fingerprint density at radius 1 is 1.11 bits per heavy atom. The first-order chi connectivity index (χ1) is 21.9. The third kappa shape index (κ3) is 4.98. The molecule has 0 spiro atoms. The molecule has 0 N–H and O–H groups in total. The lowest BCUT2D eigenvalue weighted by Crippen LogP contribution is -2.59. The zero-order valence-electron chi connectivity index (χ0n) is 25.1. The van der Waals surface area contributed by atoms with Crippen LogP contribution in [0.25, 0.3) is 11.0 Å². The quantitative estimate of drug-likeness (QED) is 0.273. The van der Waals surface area contributed by atoms with Crippen LogP contribution in [0.3, 0.4) is 0 Å². The molecule has 0 radical (unpaired) electrons. The van der Waals surface area contributed by atoms with Crippen molar-refractivity contribution in [3.8, 4) is 11.5 Å². The number of hydrogen-bond acceptors (Lipinski definition) is 10. The Kier molecular flexibility index (Phi) is 7.09. The minimum Gasteiger partial charge on any atom is -0.465 e. The summed E-state index contributed by atoms with van der Waals surface area (Å²) < 4.78 is 32.0. The van der Waals surface area contributed by atoms with Gasteiger partial charge in [-0.05, 0) is 48.9 Å². The predicted octanol–water partition coefficient (Wildman–Crippen LogP) is 4.39. The van der Waals surface area contributed by atoms with Crippen LogP contribution in [0.4, 0.5) is 5.69 Å². The van der Waals surface area contributed by atoms with E-state index in [1.54, 1.807) is 18.3 Å². The maximum atomic E-state index is 12.3. The number of ether oxygens (including phenoxy) is 5. The molecule has 8 rings (SSSR count). The first kappa shape index (κ1) is 28.6. The van der Waals surface area contributed by atoms with Gasteiger partial charge >= 0.3 is 5.97 Å². The fourth-order valence-corrected chi connectivity index (χ4v) is 7.00. The molecule has 3 fully saturated rings. The van der Waals surface area contributed by atoms with E-state index in [1.165, 1.54) is 7.11 Å². The molecule has 4 aliphatic rings. The van der Waals surface area contributed by atoms with Gasteiger partial charge in [0.05, 0.1) is 78.9 Å². The van der Waals surface area contributed by atoms with Gasteiger partial charge in [0.2, 0.25) is 0 Å². The van der Waals surface area contributed by atoms with Gasteiger partial charge in [0, 0.05) is 32.8 Å². The van der Waals surface area contributed by atoms with E-state index < -0.39 is 5.79 Å². The summed E-state index contributed by atoms with van der Waals surface area (Å²) in [4.78, 5) is 26.7. The van der Waals surface area contributed by atoms with Crippen LogP contribution in [0.15, 0.2) is 54.7 Å². The number of nitrogens with zero attached hydrogens (tertiary/aromatic N) is 5. The van der Waals surface area contributed by atoms with Gasteiger partial charge in [-0.25, -0.2) is 9.78 Å². The van der Waals surface area contributed by atoms with E-state index in [1.807, 2.05) is 37.3 Å². The number of methoxy groups -OCH3 is 1. The highest BCUT2D eigenvalue weighted by molar-refractivity contribution is 6.30. The lowest BCUT2D eigenvalue weighted by Gasteiger charge is -2.44. The molecule has 234 valence electrons. The van der Waals surface area contributed by atoms with Gasteiger partial charge in [-0.1, -0.05) is 17.7 Å². The summed E-state index contributed by atoms with van der Waals surface area (Å²) >= 11 is 6.08. The second-order valence-electron chi connectivity index (χ2n) is 12.1. The SMILES string of the molecule is COC(=O)c1ccc2nc(CN3CCN(c4cccc5c4OC(C)(c4ccc(Cl)cn4)O5)C4COCC43)n(C[C@@H]3CCO3)c2c1. The number of benzene rings is 2. The van der Waals surface area contributed by atoms with Gasteiger partial charge in [0.1, 0.15) is 11.5 Å². The molecule has 6 heterocycles. The molecular formula is C33H34ClN5O6. The second kappa shape index (κ2) is 11.2. The monoisotopic (exact) mass is 631 g/mol. The number of hydrogen-bond donors (Lipinski definition) is 0. The number of para-hydroxylation sites is 1. The van der Waals surface area contributed by atoms with Gasteiger partial charge in [-0.15, -0.1) is 0 Å². The Morgan fingerprint density at radius 3 is 2.76 bits per heavy atom. The Bertz CT molecular complexity index is 1760. The number of halogens is 1. The van der Waals surface area contributed by atoms with Crippen molar-refractivity contribution in [3.05, 3.63) is 76.8 Å². The standard InChI is InChI=1S/C33H34ClN5O6/c1-33(29-9-7-21(34)15-35-29)44-28-5-3-4-24(31(28)45-33)38-12-11-37(26-18-42-19-27(26)38)17-30-36-23-8-6-20(32(40)41-2)14-25(23)39(30)16-22-10-13-43-22/h3-9,14-15,22,26-27H,10-13,16-19H2,1-2H3/t22-,26?,27?,33?/m0/s1. The Balaban J connectivity index is 1.06. The molecule has 2 aromatic heterocycles. The molecule has 45 heavy (non-hydrogen) atoms. The fourth-order valence-electron chi connectivity index (χ4n) is 6.88. The highest BCUT2D eigenvalue weighted by Gasteiger charge is 2.46. The molecule has 4 atom stereocenters. The van der Waals surface area contributed by atoms with Crippen LogP contribution >= 0.6 is 11.6 Å². The lowest BCUT2D eigenvalue weighted by molar-refractivity contribution is -0.0716. The number of aromatic nitrogens is 3. The van der Waals surface area contributed by atoms with Gasteiger partial charge in [0.25, 0.3) is 5.79 Å². The molecule has 0 bridgehead atoms. The van der Waals surface area contributed by atoms with E-state index >= 15 is 0 Å². The number of rotatable bonds is 7. The maximum absolute atomic E-state index is 12.3. The minimum atomic E-state index is -1.06. The first-order valence-electron chi connectivity index (χ1n) is 15.3. The molecular weight excluding hydrogens is 598 g/mol. The molecule has 4 aliphatic heterocycles. The van der Waals surface area contributed by atoms with E-state index in [0.29, 0.717) is 54.1 Å². The number of carbonyl (C=O) groups excluding carboxylic acids is 1. The third-order valence-corrected chi connectivity index (χ3v) is 9.58. The van der Waals surface area contributed by atoms with E-state index in [9.17, 15) is 4.79 Å². The van der Waals surface area contributed by atoms with Crippen molar-refractivity contribution in [2.75, 3.05) is 44.9 Å². The summed E-state index contributed by atoms with van der Waals surface area (Å²) in [6, 6.07) is 15.5. The van der Waals surface area contributed by atoms with Crippen LogP contribution in [-0.2, 0) is 33.1 Å². The van der Waals surface area contributed by atoms with Crippen molar-refractivity contribution in [2.45, 2.75) is 50.4 Å². The molecule has 0 aliphatic carbocycles. The van der Waals surface area contributed by atoms with Crippen LogP contribution < -0.4 is 14.4 Å². The van der Waals surface area contributed by atoms with Crippen molar-refractivity contribution in [3.63, 3.8) is 0 Å². The second-order valence-corrected chi connectivity index (χ2v) is 12.5. The van der Waals surface area contributed by atoms with Crippen LogP contribution in [0.2, 0.25) is 5.02 Å². The lowest BCUT2D eigenvalue weighted by atomic mass is 10.0. The highest BCUT2D eigenvalue weighted by atomic mass is 35.5. The number of carbonyl (C=O) groups is 1. The van der Waals surface area contributed by atoms with Crippen molar-refractivity contribution >= 4 is 34.3 Å². The van der Waals surface area contributed by atoms with Gasteiger partial charge in [0.15, 0.2) is 11.5 Å². The van der Waals surface area contributed by atoms with Crippen LogP contribution in [0.5, 0.6) is 11.5 Å². The summed E-state index contributed by atoms with van der Waals surface area (Å²) in [5.74, 6) is 0.917. The number of anilines is 1. The number of fused-ring (bicyclic) bond motifs is 3. The average molecular weight is 632 g/mol. The summed E-state index contributed by atoms with van der Waals surface area (Å²) in [7, 11) is 1.40. The number of pyridine rings is 1. The summed E-state index contributed by atoms with van der Waals surface area (Å²) in [6.45, 7) is 6.81. The van der Waals surface area contributed by atoms with Crippen molar-refractivity contribution in [1.29, 1.82) is 0 Å². The third-order valence-electron chi connectivity index (χ3n) is 9.35.